The Balaban J connectivity index is 1.79. The minimum absolute atomic E-state index is 0.0198. The first kappa shape index (κ1) is 23.9. The minimum atomic E-state index is -1.65. The van der Waals surface area contributed by atoms with Gasteiger partial charge >= 0.3 is 11.9 Å². The van der Waals surface area contributed by atoms with Gasteiger partial charge in [0.05, 0.1) is 12.9 Å². The minimum Gasteiger partial charge on any atom is -0.474 e. The maximum Gasteiger partial charge on any atom is 0.303 e. The molecule has 12 nitrogen and oxygen atoms in total. The normalized spacial score (nSPS) is 21.0. The molecule has 1 saturated heterocycles. The van der Waals surface area contributed by atoms with Crippen molar-refractivity contribution >= 4 is 37.4 Å². The molecule has 2 aromatic heterocycles. The molecule has 2 aromatic rings. The van der Waals surface area contributed by atoms with Crippen LogP contribution < -0.4 is 10.5 Å². The molecule has 0 bridgehead atoms. The average Bonchev–Trinajstić information content (AvgIpc) is 3.26. The van der Waals surface area contributed by atoms with Gasteiger partial charge < -0.3 is 29.1 Å². The third-order valence-electron chi connectivity index (χ3n) is 4.52. The Morgan fingerprint density at radius 3 is 2.62 bits per heavy atom. The molecule has 3 rings (SSSR count). The highest BCUT2D eigenvalue weighted by molar-refractivity contribution is 6.69. The number of hydrogen-bond acceptors (Lipinski definition) is 11. The van der Waals surface area contributed by atoms with E-state index in [0.717, 1.165) is 0 Å². The molecule has 0 aliphatic carbocycles. The van der Waals surface area contributed by atoms with Crippen LogP contribution in [0.2, 0.25) is 19.6 Å². The molecule has 1 aliphatic rings. The van der Waals surface area contributed by atoms with Crippen molar-refractivity contribution in [2.45, 2.75) is 58.3 Å². The zero-order valence-electron chi connectivity index (χ0n) is 18.9. The number of hydrogen-bond donors (Lipinski definition) is 1. The molecular weight excluding hydrogens is 438 g/mol. The van der Waals surface area contributed by atoms with Gasteiger partial charge in [0.15, 0.2) is 19.5 Å². The Bertz CT molecular complexity index is 977. The van der Waals surface area contributed by atoms with Crippen molar-refractivity contribution in [1.82, 2.24) is 19.5 Å². The van der Waals surface area contributed by atoms with Crippen LogP contribution in [0, 0.1) is 0 Å². The zero-order chi connectivity index (χ0) is 23.5. The fourth-order valence-corrected chi connectivity index (χ4v) is 3.96. The van der Waals surface area contributed by atoms with E-state index in [4.69, 9.17) is 29.1 Å². The Labute approximate surface area is 186 Å². The van der Waals surface area contributed by atoms with Crippen LogP contribution in [0.3, 0.4) is 0 Å². The monoisotopic (exact) mass is 467 g/mol. The highest BCUT2D eigenvalue weighted by Crippen LogP contribution is 2.34. The number of esters is 2. The predicted molar refractivity (Wildman–Crippen MR) is 115 cm³/mol. The molecule has 32 heavy (non-hydrogen) atoms. The van der Waals surface area contributed by atoms with Gasteiger partial charge in [0.25, 0.3) is 0 Å². The van der Waals surface area contributed by atoms with Crippen LogP contribution in [0.25, 0.3) is 11.2 Å². The summed E-state index contributed by atoms with van der Waals surface area (Å²) in [4.78, 5) is 35.5. The first-order valence-corrected chi connectivity index (χ1v) is 13.7. The van der Waals surface area contributed by atoms with Crippen molar-refractivity contribution in [2.24, 2.45) is 0 Å². The number of carbonyl (C=O) groups is 2. The number of rotatable bonds is 9. The Morgan fingerprint density at radius 1 is 1.22 bits per heavy atom. The van der Waals surface area contributed by atoms with Gasteiger partial charge in [-0.15, -0.1) is 0 Å². The van der Waals surface area contributed by atoms with E-state index in [0.29, 0.717) is 30.8 Å². The van der Waals surface area contributed by atoms with Crippen LogP contribution in [0.1, 0.15) is 26.5 Å². The van der Waals surface area contributed by atoms with E-state index in [2.05, 4.69) is 34.6 Å². The highest BCUT2D eigenvalue weighted by atomic mass is 28.4. The number of nitrogens with two attached hydrogens (primary N) is 1. The highest BCUT2D eigenvalue weighted by Gasteiger charge is 2.40. The van der Waals surface area contributed by atoms with Gasteiger partial charge in [-0.3, -0.25) is 14.2 Å². The molecule has 0 radical (unpaired) electrons. The Hall–Kier alpha value is -2.77. The lowest BCUT2D eigenvalue weighted by Gasteiger charge is -2.17. The number of nitrogens with zero attached hydrogens (tertiary/aromatic N) is 4. The molecule has 3 atom stereocenters. The van der Waals surface area contributed by atoms with E-state index in [1.807, 2.05) is 0 Å². The molecular formula is C19H29N5O7Si. The smallest absolute Gasteiger partial charge is 0.303 e. The number of imidazole rings is 1. The van der Waals surface area contributed by atoms with Crippen molar-refractivity contribution < 1.29 is 33.0 Å². The summed E-state index contributed by atoms with van der Waals surface area (Å²) in [5.41, 5.74) is 6.73. The first-order chi connectivity index (χ1) is 15.0. The number of ether oxygens (including phenoxy) is 4. The lowest BCUT2D eigenvalue weighted by atomic mass is 10.2. The maximum absolute atomic E-state index is 11.5. The zero-order valence-corrected chi connectivity index (χ0v) is 19.9. The van der Waals surface area contributed by atoms with Crippen molar-refractivity contribution in [3.63, 3.8) is 0 Å². The van der Waals surface area contributed by atoms with E-state index in [1.165, 1.54) is 20.2 Å². The van der Waals surface area contributed by atoms with Gasteiger partial charge in [0.2, 0.25) is 11.8 Å². The Kier molecular flexibility index (Phi) is 7.31. The number of carbonyl (C=O) groups excluding carboxylic acids is 2. The van der Waals surface area contributed by atoms with E-state index < -0.39 is 38.7 Å². The summed E-state index contributed by atoms with van der Waals surface area (Å²) in [6.45, 7) is 9.56. The van der Waals surface area contributed by atoms with Crippen LogP contribution in [0.4, 0.5) is 5.95 Å². The summed E-state index contributed by atoms with van der Waals surface area (Å²) >= 11 is 0. The summed E-state index contributed by atoms with van der Waals surface area (Å²) in [6, 6.07) is 0. The topological polar surface area (TPSA) is 150 Å². The van der Waals surface area contributed by atoms with Crippen LogP contribution >= 0.6 is 0 Å². The third kappa shape index (κ3) is 6.14. The maximum atomic E-state index is 11.5. The van der Waals surface area contributed by atoms with Crippen molar-refractivity contribution in [1.29, 1.82) is 0 Å². The van der Waals surface area contributed by atoms with Crippen LogP contribution in [0.15, 0.2) is 6.33 Å². The number of anilines is 1. The molecule has 0 aromatic carbocycles. The summed E-state index contributed by atoms with van der Waals surface area (Å²) in [5.74, 6) is -0.639. The molecule has 1 aliphatic heterocycles. The fourth-order valence-electron chi connectivity index (χ4n) is 3.26. The van der Waals surface area contributed by atoms with E-state index >= 15 is 0 Å². The van der Waals surface area contributed by atoms with Gasteiger partial charge in [-0.05, 0) is 19.6 Å². The summed E-state index contributed by atoms with van der Waals surface area (Å²) in [7, 11) is -1.65. The summed E-state index contributed by atoms with van der Waals surface area (Å²) in [6.07, 6.45) is 0.0683. The second-order valence-corrected chi connectivity index (χ2v) is 12.8. The van der Waals surface area contributed by atoms with Crippen LogP contribution in [-0.2, 0) is 28.2 Å². The van der Waals surface area contributed by atoms with Gasteiger partial charge in [-0.1, -0.05) is 0 Å². The number of aromatic nitrogens is 4. The van der Waals surface area contributed by atoms with Crippen molar-refractivity contribution in [3.05, 3.63) is 6.33 Å². The first-order valence-electron chi connectivity index (χ1n) is 10.3. The second kappa shape index (κ2) is 9.79. The van der Waals surface area contributed by atoms with Gasteiger partial charge in [-0.2, -0.15) is 9.97 Å². The third-order valence-corrected chi connectivity index (χ3v) is 5.59. The Morgan fingerprint density at radius 2 is 1.97 bits per heavy atom. The largest absolute Gasteiger partial charge is 0.474 e. The molecule has 1 fully saturated rings. The lowest BCUT2D eigenvalue weighted by molar-refractivity contribution is -0.155. The number of fused-ring (bicyclic) bond motifs is 1. The summed E-state index contributed by atoms with van der Waals surface area (Å²) < 4.78 is 29.6. The van der Waals surface area contributed by atoms with Gasteiger partial charge in [0, 0.05) is 20.3 Å². The van der Waals surface area contributed by atoms with Crippen molar-refractivity contribution in [2.75, 3.05) is 25.6 Å². The molecule has 0 unspecified atom stereocenters. The van der Waals surface area contributed by atoms with Crippen molar-refractivity contribution in [3.8, 4) is 5.88 Å². The average molecular weight is 468 g/mol. The summed E-state index contributed by atoms with van der Waals surface area (Å²) in [5, 5.41) is 0. The quantitative estimate of drug-likeness (QED) is 0.324. The second-order valence-electron chi connectivity index (χ2n) is 8.34. The van der Waals surface area contributed by atoms with Crippen LogP contribution in [-0.4, -0.2) is 71.8 Å². The molecule has 176 valence electrons. The SMILES string of the molecule is CC(=O)OC[C@H]1O[C@@H](n2cnc3c(OCCO[Si](C)(C)C)nc(N)nc32)C[C@@H]1OC(C)=O. The lowest BCUT2D eigenvalue weighted by Crippen LogP contribution is -2.31. The molecule has 3 heterocycles. The standard InChI is InChI=1S/C19H29N5O7Si/c1-11(25)28-9-14-13(30-12(2)26)8-15(31-14)24-10-21-16-17(24)22-19(20)23-18(16)27-6-7-29-32(3,4)5/h10,13-15H,6-9H2,1-5H3,(H2,20,22,23)/t13-,14+,15+/m0/s1. The van der Waals surface area contributed by atoms with E-state index in [1.54, 1.807) is 4.57 Å². The molecule has 0 amide bonds. The van der Waals surface area contributed by atoms with Gasteiger partial charge in [0.1, 0.15) is 31.6 Å². The van der Waals surface area contributed by atoms with E-state index in [-0.39, 0.29) is 18.4 Å². The molecule has 0 spiro atoms. The molecule has 13 heteroatoms. The van der Waals surface area contributed by atoms with E-state index in [9.17, 15) is 9.59 Å². The molecule has 0 saturated carbocycles. The van der Waals surface area contributed by atoms with Gasteiger partial charge in [-0.25, -0.2) is 4.98 Å². The fraction of sp³-hybridized carbons (Fsp3) is 0.632. The van der Waals surface area contributed by atoms with Crippen LogP contribution in [0.5, 0.6) is 5.88 Å². The molecule has 2 N–H and O–H groups in total. The number of nitrogen functional groups attached to an aromatic ring is 1. The predicted octanol–water partition coefficient (Wildman–Crippen LogP) is 1.42.